The summed E-state index contributed by atoms with van der Waals surface area (Å²) < 4.78 is 48.6. The Labute approximate surface area is 171 Å². The van der Waals surface area contributed by atoms with Gasteiger partial charge in [-0.15, -0.1) is 0 Å². The fourth-order valence-corrected chi connectivity index (χ4v) is 2.91. The van der Waals surface area contributed by atoms with Crippen LogP contribution >= 0.6 is 0 Å². The maximum absolute atomic E-state index is 13.2. The number of nitrogens with one attached hydrogen (secondary N) is 2. The SMILES string of the molecule is CCOc1nc(NC(=O)NS(=O)(=O)Oc2cccc(F)c2)nc(-c2ccccc2)n1. The molecular formula is C18H16FN5O5S. The van der Waals surface area contributed by atoms with Gasteiger partial charge in [-0.25, -0.2) is 13.9 Å². The van der Waals surface area contributed by atoms with E-state index < -0.39 is 22.2 Å². The summed E-state index contributed by atoms with van der Waals surface area (Å²) in [6, 6.07) is 12.0. The molecular weight excluding hydrogens is 417 g/mol. The normalized spacial score (nSPS) is 10.9. The molecule has 0 bridgehead atoms. The number of ether oxygens (including phenoxy) is 1. The van der Waals surface area contributed by atoms with Crippen LogP contribution in [0.25, 0.3) is 11.4 Å². The van der Waals surface area contributed by atoms with Gasteiger partial charge in [0.25, 0.3) is 0 Å². The molecule has 0 fully saturated rings. The second kappa shape index (κ2) is 9.13. The molecule has 1 heterocycles. The standard InChI is InChI=1S/C18H16FN5O5S/c1-2-28-18-21-15(12-7-4-3-5-8-12)20-16(23-18)22-17(25)24-30(26,27)29-14-10-6-9-13(19)11-14/h3-11H,2H2,1H3,(H2,20,21,22,23,24,25). The van der Waals surface area contributed by atoms with Gasteiger partial charge in [0.05, 0.1) is 6.61 Å². The minimum absolute atomic E-state index is 0.0551. The van der Waals surface area contributed by atoms with Crippen molar-refractivity contribution in [3.05, 3.63) is 60.4 Å². The maximum atomic E-state index is 13.2. The van der Waals surface area contributed by atoms with Crippen LogP contribution in [0.4, 0.5) is 15.1 Å². The van der Waals surface area contributed by atoms with E-state index in [0.717, 1.165) is 12.1 Å². The summed E-state index contributed by atoms with van der Waals surface area (Å²) in [4.78, 5) is 24.3. The molecule has 0 atom stereocenters. The molecule has 1 aromatic heterocycles. The molecule has 0 aliphatic carbocycles. The quantitative estimate of drug-likeness (QED) is 0.581. The van der Waals surface area contributed by atoms with E-state index in [1.54, 1.807) is 35.9 Å². The summed E-state index contributed by atoms with van der Waals surface area (Å²) in [5, 5.41) is 2.18. The molecule has 2 amide bonds. The number of aromatic nitrogens is 3. The molecule has 3 rings (SSSR count). The van der Waals surface area contributed by atoms with Crippen LogP contribution in [0.15, 0.2) is 54.6 Å². The predicted octanol–water partition coefficient (Wildman–Crippen LogP) is 2.52. The van der Waals surface area contributed by atoms with Crippen molar-refractivity contribution in [2.24, 2.45) is 0 Å². The number of benzene rings is 2. The molecule has 0 saturated carbocycles. The first kappa shape index (κ1) is 20.9. The topological polar surface area (TPSA) is 132 Å². The molecule has 10 nitrogen and oxygen atoms in total. The van der Waals surface area contributed by atoms with Crippen LogP contribution in [0.1, 0.15) is 6.92 Å². The Morgan fingerprint density at radius 2 is 1.83 bits per heavy atom. The largest absolute Gasteiger partial charge is 0.464 e. The molecule has 12 heteroatoms. The second-order valence-electron chi connectivity index (χ2n) is 5.62. The summed E-state index contributed by atoms with van der Waals surface area (Å²) >= 11 is 0. The maximum Gasteiger partial charge on any atom is 0.411 e. The number of nitrogens with zero attached hydrogens (tertiary/aromatic N) is 3. The fraction of sp³-hybridized carbons (Fsp3) is 0.111. The molecule has 2 aromatic carbocycles. The number of hydrogen-bond acceptors (Lipinski definition) is 8. The van der Waals surface area contributed by atoms with E-state index in [9.17, 15) is 17.6 Å². The van der Waals surface area contributed by atoms with Crippen molar-refractivity contribution < 1.29 is 26.5 Å². The number of amides is 2. The minimum atomic E-state index is -4.58. The smallest absolute Gasteiger partial charge is 0.411 e. The van der Waals surface area contributed by atoms with E-state index in [1.807, 2.05) is 6.07 Å². The Kier molecular flexibility index (Phi) is 6.37. The zero-order valence-corrected chi connectivity index (χ0v) is 16.4. The van der Waals surface area contributed by atoms with E-state index in [2.05, 4.69) is 24.5 Å². The van der Waals surface area contributed by atoms with E-state index >= 15 is 0 Å². The highest BCUT2D eigenvalue weighted by molar-refractivity contribution is 7.85. The zero-order chi connectivity index (χ0) is 21.6. The Balaban J connectivity index is 1.76. The van der Waals surface area contributed by atoms with Crippen LogP contribution in [-0.4, -0.2) is 36.0 Å². The van der Waals surface area contributed by atoms with Gasteiger partial charge >= 0.3 is 22.3 Å². The summed E-state index contributed by atoms with van der Waals surface area (Å²) in [7, 11) is -4.58. The summed E-state index contributed by atoms with van der Waals surface area (Å²) in [6.07, 6.45) is 0. The lowest BCUT2D eigenvalue weighted by Gasteiger charge is -2.10. The average Bonchev–Trinajstić information content (AvgIpc) is 2.67. The Hall–Kier alpha value is -3.80. The van der Waals surface area contributed by atoms with Gasteiger partial charge in [0.1, 0.15) is 11.6 Å². The van der Waals surface area contributed by atoms with E-state index in [1.165, 1.54) is 12.1 Å². The number of carbonyl (C=O) groups is 1. The first-order chi connectivity index (χ1) is 14.3. The van der Waals surface area contributed by atoms with E-state index in [4.69, 9.17) is 4.74 Å². The number of urea groups is 1. The number of hydrogen-bond donors (Lipinski definition) is 2. The lowest BCUT2D eigenvalue weighted by atomic mass is 10.2. The van der Waals surface area contributed by atoms with Crippen molar-refractivity contribution in [2.45, 2.75) is 6.92 Å². The van der Waals surface area contributed by atoms with E-state index in [-0.39, 0.29) is 30.1 Å². The van der Waals surface area contributed by atoms with Gasteiger partial charge in [-0.3, -0.25) is 5.32 Å². The van der Waals surface area contributed by atoms with Gasteiger partial charge in [0.2, 0.25) is 5.95 Å². The average molecular weight is 433 g/mol. The summed E-state index contributed by atoms with van der Waals surface area (Å²) in [6.45, 7) is 1.99. The van der Waals surface area contributed by atoms with Gasteiger partial charge in [-0.05, 0) is 19.1 Å². The van der Waals surface area contributed by atoms with Crippen LogP contribution in [0, 0.1) is 5.82 Å². The van der Waals surface area contributed by atoms with Crippen LogP contribution in [0.5, 0.6) is 11.8 Å². The first-order valence-electron chi connectivity index (χ1n) is 8.57. The van der Waals surface area contributed by atoms with Crippen LogP contribution in [0.3, 0.4) is 0 Å². The number of carbonyl (C=O) groups excluding carboxylic acids is 1. The first-order valence-corrected chi connectivity index (χ1v) is 9.98. The van der Waals surface area contributed by atoms with Crippen LogP contribution in [0.2, 0.25) is 0 Å². The molecule has 0 unspecified atom stereocenters. The highest BCUT2D eigenvalue weighted by atomic mass is 32.2. The van der Waals surface area contributed by atoms with Gasteiger partial charge in [0, 0.05) is 11.6 Å². The van der Waals surface area contributed by atoms with Crippen LogP contribution < -0.4 is 19.0 Å². The monoisotopic (exact) mass is 433 g/mol. The molecule has 0 saturated heterocycles. The van der Waals surface area contributed by atoms with Gasteiger partial charge in [0.15, 0.2) is 5.82 Å². The van der Waals surface area contributed by atoms with E-state index in [0.29, 0.717) is 5.56 Å². The summed E-state index contributed by atoms with van der Waals surface area (Å²) in [5.74, 6) is -1.04. The molecule has 0 spiro atoms. The van der Waals surface area contributed by atoms with Gasteiger partial charge in [-0.2, -0.15) is 23.4 Å². The lowest BCUT2D eigenvalue weighted by Crippen LogP contribution is -2.37. The molecule has 2 N–H and O–H groups in total. The second-order valence-corrected chi connectivity index (χ2v) is 6.89. The minimum Gasteiger partial charge on any atom is -0.464 e. The molecule has 156 valence electrons. The highest BCUT2D eigenvalue weighted by Gasteiger charge is 2.19. The van der Waals surface area contributed by atoms with Gasteiger partial charge in [-0.1, -0.05) is 36.4 Å². The highest BCUT2D eigenvalue weighted by Crippen LogP contribution is 2.18. The lowest BCUT2D eigenvalue weighted by molar-refractivity contribution is 0.255. The molecule has 0 aliphatic rings. The van der Waals surface area contributed by atoms with Crippen LogP contribution in [-0.2, 0) is 10.3 Å². The van der Waals surface area contributed by atoms with Crippen molar-refractivity contribution >= 4 is 22.3 Å². The predicted molar refractivity (Wildman–Crippen MR) is 105 cm³/mol. The molecule has 0 radical (unpaired) electrons. The molecule has 3 aromatic rings. The molecule has 30 heavy (non-hydrogen) atoms. The summed E-state index contributed by atoms with van der Waals surface area (Å²) in [5.41, 5.74) is 0.631. The van der Waals surface area contributed by atoms with Crippen molar-refractivity contribution in [1.29, 1.82) is 0 Å². The number of halogens is 1. The molecule has 0 aliphatic heterocycles. The van der Waals surface area contributed by atoms with Crippen molar-refractivity contribution in [3.63, 3.8) is 0 Å². The van der Waals surface area contributed by atoms with Crippen molar-refractivity contribution in [1.82, 2.24) is 19.7 Å². The number of rotatable bonds is 7. The Morgan fingerprint density at radius 1 is 1.07 bits per heavy atom. The van der Waals surface area contributed by atoms with Crippen molar-refractivity contribution in [2.75, 3.05) is 11.9 Å². The third kappa shape index (κ3) is 5.85. The fourth-order valence-electron chi connectivity index (χ4n) is 2.23. The van der Waals surface area contributed by atoms with Crippen molar-refractivity contribution in [3.8, 4) is 23.1 Å². The number of anilines is 1. The van der Waals surface area contributed by atoms with Gasteiger partial charge < -0.3 is 8.92 Å². The zero-order valence-electron chi connectivity index (χ0n) is 15.6. The third-order valence-electron chi connectivity index (χ3n) is 3.37. The Morgan fingerprint density at radius 3 is 2.53 bits per heavy atom. The Bertz CT molecular complexity index is 1140. The third-order valence-corrected chi connectivity index (χ3v) is 4.21.